The van der Waals surface area contributed by atoms with Crippen LogP contribution < -0.4 is 10.1 Å². The predicted octanol–water partition coefficient (Wildman–Crippen LogP) is 4.25. The van der Waals surface area contributed by atoms with E-state index in [1.54, 1.807) is 24.3 Å². The maximum absolute atomic E-state index is 13.3. The second-order valence-electron chi connectivity index (χ2n) is 4.22. The molecule has 2 rings (SSSR count). The molecular weight excluding hydrogens is 337 g/mol. The van der Waals surface area contributed by atoms with Gasteiger partial charge in [0.25, 0.3) is 0 Å². The van der Waals surface area contributed by atoms with Gasteiger partial charge >= 0.3 is 0 Å². The Labute approximate surface area is 130 Å². The zero-order valence-electron chi connectivity index (χ0n) is 11.3. The second kappa shape index (κ2) is 7.04. The van der Waals surface area contributed by atoms with E-state index in [9.17, 15) is 9.18 Å². The van der Waals surface area contributed by atoms with Gasteiger partial charge in [0.05, 0.1) is 7.11 Å². The first-order valence-electron chi connectivity index (χ1n) is 6.16. The van der Waals surface area contributed by atoms with Crippen molar-refractivity contribution in [2.24, 2.45) is 0 Å². The Kier molecular flexibility index (Phi) is 5.11. The Morgan fingerprint density at radius 3 is 2.62 bits per heavy atom. The lowest BCUT2D eigenvalue weighted by Crippen LogP contribution is -2.07. The zero-order valence-corrected chi connectivity index (χ0v) is 12.9. The molecule has 0 aliphatic rings. The smallest absolute Gasteiger partial charge is 0.248 e. The summed E-state index contributed by atoms with van der Waals surface area (Å²) in [5, 5.41) is 2.73. The van der Waals surface area contributed by atoms with E-state index in [1.807, 2.05) is 12.1 Å². The van der Waals surface area contributed by atoms with Crippen LogP contribution >= 0.6 is 15.9 Å². The monoisotopic (exact) mass is 349 g/mol. The van der Waals surface area contributed by atoms with E-state index in [0.29, 0.717) is 11.3 Å². The molecule has 0 saturated heterocycles. The first kappa shape index (κ1) is 15.3. The van der Waals surface area contributed by atoms with Gasteiger partial charge in [-0.15, -0.1) is 0 Å². The van der Waals surface area contributed by atoms with E-state index >= 15 is 0 Å². The largest absolute Gasteiger partial charge is 0.494 e. The number of halogens is 2. The normalized spacial score (nSPS) is 10.6. The van der Waals surface area contributed by atoms with Gasteiger partial charge in [-0.25, -0.2) is 4.39 Å². The van der Waals surface area contributed by atoms with Crippen LogP contribution in [0.1, 0.15) is 5.56 Å². The first-order valence-corrected chi connectivity index (χ1v) is 6.96. The van der Waals surface area contributed by atoms with E-state index in [4.69, 9.17) is 4.74 Å². The summed E-state index contributed by atoms with van der Waals surface area (Å²) in [6.07, 6.45) is 2.98. The predicted molar refractivity (Wildman–Crippen MR) is 84.8 cm³/mol. The third kappa shape index (κ3) is 4.43. The number of methoxy groups -OCH3 is 1. The fourth-order valence-corrected chi connectivity index (χ4v) is 1.93. The van der Waals surface area contributed by atoms with Crippen LogP contribution in [0, 0.1) is 5.82 Å². The highest BCUT2D eigenvalue weighted by molar-refractivity contribution is 9.10. The number of ether oxygens (including phenoxy) is 1. The average Bonchev–Trinajstić information content (AvgIpc) is 2.49. The van der Waals surface area contributed by atoms with Gasteiger partial charge in [0.15, 0.2) is 11.6 Å². The lowest BCUT2D eigenvalue weighted by atomic mass is 10.2. The lowest BCUT2D eigenvalue weighted by Gasteiger charge is -2.03. The Bertz CT molecular complexity index is 668. The van der Waals surface area contributed by atoms with Crippen LogP contribution in [-0.4, -0.2) is 13.0 Å². The van der Waals surface area contributed by atoms with E-state index < -0.39 is 5.82 Å². The topological polar surface area (TPSA) is 38.3 Å². The molecule has 3 nitrogen and oxygen atoms in total. The standard InChI is InChI=1S/C16H13BrFNO2/c1-21-15-10-11(2-8-14(15)18)3-9-16(20)19-13-6-4-12(17)5-7-13/h2-10H,1H3,(H,19,20). The van der Waals surface area contributed by atoms with Crippen LogP contribution in [0.5, 0.6) is 5.75 Å². The number of nitrogens with one attached hydrogen (secondary N) is 1. The molecule has 2 aromatic carbocycles. The van der Waals surface area contributed by atoms with Crippen molar-refractivity contribution in [3.63, 3.8) is 0 Å². The van der Waals surface area contributed by atoms with Crippen molar-refractivity contribution in [1.29, 1.82) is 0 Å². The van der Waals surface area contributed by atoms with E-state index in [-0.39, 0.29) is 11.7 Å². The van der Waals surface area contributed by atoms with Crippen molar-refractivity contribution in [1.82, 2.24) is 0 Å². The summed E-state index contributed by atoms with van der Waals surface area (Å²) in [6.45, 7) is 0. The quantitative estimate of drug-likeness (QED) is 0.838. The average molecular weight is 350 g/mol. The van der Waals surface area contributed by atoms with E-state index in [1.165, 1.54) is 25.3 Å². The highest BCUT2D eigenvalue weighted by atomic mass is 79.9. The van der Waals surface area contributed by atoms with Gasteiger partial charge in [-0.3, -0.25) is 4.79 Å². The van der Waals surface area contributed by atoms with Gasteiger partial charge in [-0.1, -0.05) is 22.0 Å². The van der Waals surface area contributed by atoms with Crippen LogP contribution in [0.2, 0.25) is 0 Å². The molecule has 0 heterocycles. The van der Waals surface area contributed by atoms with Gasteiger partial charge in [0, 0.05) is 16.2 Å². The summed E-state index contributed by atoms with van der Waals surface area (Å²) in [7, 11) is 1.39. The maximum Gasteiger partial charge on any atom is 0.248 e. The molecular formula is C16H13BrFNO2. The highest BCUT2D eigenvalue weighted by Gasteiger charge is 2.02. The first-order chi connectivity index (χ1) is 10.1. The minimum absolute atomic E-state index is 0.144. The molecule has 0 aromatic heterocycles. The molecule has 0 atom stereocenters. The second-order valence-corrected chi connectivity index (χ2v) is 5.14. The molecule has 0 aliphatic carbocycles. The van der Waals surface area contributed by atoms with Crippen molar-refractivity contribution in [3.05, 3.63) is 64.4 Å². The lowest BCUT2D eigenvalue weighted by molar-refractivity contribution is -0.111. The van der Waals surface area contributed by atoms with Crippen LogP contribution in [-0.2, 0) is 4.79 Å². The third-order valence-electron chi connectivity index (χ3n) is 2.71. The molecule has 0 fully saturated rings. The van der Waals surface area contributed by atoms with Gasteiger partial charge < -0.3 is 10.1 Å². The van der Waals surface area contributed by atoms with Crippen molar-refractivity contribution in [3.8, 4) is 5.75 Å². The fourth-order valence-electron chi connectivity index (χ4n) is 1.67. The van der Waals surface area contributed by atoms with Crippen molar-refractivity contribution >= 4 is 33.6 Å². The molecule has 2 aromatic rings. The molecule has 21 heavy (non-hydrogen) atoms. The van der Waals surface area contributed by atoms with Gasteiger partial charge in [0.1, 0.15) is 0 Å². The molecule has 0 bridgehead atoms. The summed E-state index contributed by atoms with van der Waals surface area (Å²) in [5.41, 5.74) is 1.38. The fraction of sp³-hybridized carbons (Fsp3) is 0.0625. The van der Waals surface area contributed by atoms with Crippen LogP contribution in [0.25, 0.3) is 6.08 Å². The third-order valence-corrected chi connectivity index (χ3v) is 3.24. The van der Waals surface area contributed by atoms with Crippen LogP contribution in [0.4, 0.5) is 10.1 Å². The van der Waals surface area contributed by atoms with E-state index in [2.05, 4.69) is 21.2 Å². The number of carbonyl (C=O) groups excluding carboxylic acids is 1. The molecule has 0 aliphatic heterocycles. The zero-order chi connectivity index (χ0) is 15.2. The Balaban J connectivity index is 2.03. The number of hydrogen-bond donors (Lipinski definition) is 1. The number of hydrogen-bond acceptors (Lipinski definition) is 2. The SMILES string of the molecule is COc1cc(C=CC(=O)Nc2ccc(Br)cc2)ccc1F. The Morgan fingerprint density at radius 2 is 1.95 bits per heavy atom. The minimum atomic E-state index is -0.436. The summed E-state index contributed by atoms with van der Waals surface area (Å²) in [4.78, 5) is 11.8. The molecule has 0 saturated carbocycles. The molecule has 0 unspecified atom stereocenters. The van der Waals surface area contributed by atoms with Crippen molar-refractivity contribution in [2.45, 2.75) is 0 Å². The van der Waals surface area contributed by atoms with Crippen LogP contribution in [0.3, 0.4) is 0 Å². The summed E-state index contributed by atoms with van der Waals surface area (Å²) in [6, 6.07) is 11.6. The van der Waals surface area contributed by atoms with Crippen LogP contribution in [0.15, 0.2) is 53.0 Å². The molecule has 0 radical (unpaired) electrons. The molecule has 1 N–H and O–H groups in total. The van der Waals surface area contributed by atoms with E-state index in [0.717, 1.165) is 4.47 Å². The number of carbonyl (C=O) groups is 1. The number of anilines is 1. The van der Waals surface area contributed by atoms with Gasteiger partial charge in [-0.2, -0.15) is 0 Å². The van der Waals surface area contributed by atoms with Gasteiger partial charge in [0.2, 0.25) is 5.91 Å². The Morgan fingerprint density at radius 1 is 1.24 bits per heavy atom. The molecule has 0 spiro atoms. The Hall–Kier alpha value is -2.14. The number of rotatable bonds is 4. The highest BCUT2D eigenvalue weighted by Crippen LogP contribution is 2.19. The number of amides is 1. The minimum Gasteiger partial charge on any atom is -0.494 e. The summed E-state index contributed by atoms with van der Waals surface area (Å²) < 4.78 is 19.1. The number of benzene rings is 2. The maximum atomic E-state index is 13.3. The molecule has 108 valence electrons. The van der Waals surface area contributed by atoms with Crippen molar-refractivity contribution < 1.29 is 13.9 Å². The van der Waals surface area contributed by atoms with Gasteiger partial charge in [-0.05, 0) is 48.0 Å². The molecule has 5 heteroatoms. The van der Waals surface area contributed by atoms with Crippen molar-refractivity contribution in [2.75, 3.05) is 12.4 Å². The molecule has 1 amide bonds. The summed E-state index contributed by atoms with van der Waals surface area (Å²) in [5.74, 6) is -0.556. The summed E-state index contributed by atoms with van der Waals surface area (Å²) >= 11 is 3.32.